The van der Waals surface area contributed by atoms with Crippen LogP contribution in [0.5, 0.6) is 0 Å². The summed E-state index contributed by atoms with van der Waals surface area (Å²) in [6, 6.07) is 44.8. The predicted molar refractivity (Wildman–Crippen MR) is 160 cm³/mol. The Morgan fingerprint density at radius 3 is 1.62 bits per heavy atom. The highest BCUT2D eigenvalue weighted by Gasteiger charge is 2.26. The molecule has 0 fully saturated rings. The Balaban J connectivity index is 1.47. The molecule has 5 heteroatoms. The van der Waals surface area contributed by atoms with Crippen LogP contribution in [0, 0.1) is 0 Å². The molecule has 0 saturated heterocycles. The Kier molecular flexibility index (Phi) is 5.80. The van der Waals surface area contributed by atoms with Crippen molar-refractivity contribution >= 4 is 67.9 Å². The molecule has 0 aliphatic heterocycles. The number of benzene rings is 5. The quantitative estimate of drug-likeness (QED) is 0.216. The van der Waals surface area contributed by atoms with Gasteiger partial charge in [0.25, 0.3) is 5.78 Å². The van der Waals surface area contributed by atoms with Gasteiger partial charge < -0.3 is 18.6 Å². The summed E-state index contributed by atoms with van der Waals surface area (Å²) in [7, 11) is 0. The molecule has 0 aliphatic carbocycles. The first kappa shape index (κ1) is 23.2. The van der Waals surface area contributed by atoms with Gasteiger partial charge in [0.1, 0.15) is 11.8 Å². The molecule has 0 spiro atoms. The molecule has 7 rings (SSSR count). The number of furan rings is 2. The van der Waals surface area contributed by atoms with E-state index in [0.717, 1.165) is 50.5 Å². The van der Waals surface area contributed by atoms with E-state index in [1.165, 1.54) is 0 Å². The average Bonchev–Trinajstić information content (AvgIpc) is 3.57. The minimum absolute atomic E-state index is 0.481. The molecule has 2 aromatic heterocycles. The smallest absolute Gasteiger partial charge is 0.300 e. The van der Waals surface area contributed by atoms with Gasteiger partial charge in [0.2, 0.25) is 0 Å². The third-order valence-electron chi connectivity index (χ3n) is 6.82. The lowest BCUT2D eigenvalue weighted by atomic mass is 10.1. The van der Waals surface area contributed by atoms with Gasteiger partial charge in [-0.1, -0.05) is 90.5 Å². The zero-order valence-electron chi connectivity index (χ0n) is 20.9. The van der Waals surface area contributed by atoms with Crippen LogP contribution in [0.1, 0.15) is 0 Å². The Hall–Kier alpha value is -4.93. The van der Waals surface area contributed by atoms with E-state index >= 15 is 0 Å². The average molecular weight is 527 g/mol. The fraction of sp³-hybridized carbons (Fsp3) is 0. The van der Waals surface area contributed by atoms with Crippen molar-refractivity contribution in [1.29, 1.82) is 0 Å². The SMILES string of the molecule is Clc1c(N(c2ccccc2)c2ccccc2)cccc1N(c1ccccc1)c1coc2oc3ccccc3c12. The molecule has 0 atom stereocenters. The van der Waals surface area contributed by atoms with Crippen LogP contribution in [0.2, 0.25) is 5.02 Å². The van der Waals surface area contributed by atoms with Gasteiger partial charge >= 0.3 is 0 Å². The zero-order chi connectivity index (χ0) is 26.2. The van der Waals surface area contributed by atoms with Crippen molar-refractivity contribution in [2.75, 3.05) is 9.80 Å². The topological polar surface area (TPSA) is 32.8 Å². The number of para-hydroxylation sites is 4. The molecule has 7 aromatic rings. The van der Waals surface area contributed by atoms with E-state index in [-0.39, 0.29) is 0 Å². The fourth-order valence-electron chi connectivity index (χ4n) is 5.10. The summed E-state index contributed by atoms with van der Waals surface area (Å²) in [4.78, 5) is 4.31. The second kappa shape index (κ2) is 9.75. The van der Waals surface area contributed by atoms with Gasteiger partial charge in [0, 0.05) is 22.4 Å². The van der Waals surface area contributed by atoms with E-state index in [9.17, 15) is 0 Å². The lowest BCUT2D eigenvalue weighted by Gasteiger charge is -2.30. The minimum Gasteiger partial charge on any atom is -0.431 e. The van der Waals surface area contributed by atoms with E-state index in [2.05, 4.69) is 46.2 Å². The van der Waals surface area contributed by atoms with Crippen molar-refractivity contribution in [1.82, 2.24) is 0 Å². The first-order valence-electron chi connectivity index (χ1n) is 12.7. The van der Waals surface area contributed by atoms with Crippen LogP contribution in [-0.2, 0) is 0 Å². The molecular weight excluding hydrogens is 504 g/mol. The molecule has 2 heterocycles. The van der Waals surface area contributed by atoms with Crippen molar-refractivity contribution in [2.45, 2.75) is 0 Å². The first-order chi connectivity index (χ1) is 19.3. The van der Waals surface area contributed by atoms with Crippen LogP contribution in [-0.4, -0.2) is 0 Å². The van der Waals surface area contributed by atoms with Gasteiger partial charge in [-0.15, -0.1) is 0 Å². The number of hydrogen-bond donors (Lipinski definition) is 0. The standard InChI is InChI=1S/C34H23ClN2O2/c35-33-28(36(24-13-4-1-5-14-24)25-15-6-2-7-16-25)20-12-21-29(33)37(26-17-8-3-9-18-26)30-23-38-34-32(30)27-19-10-11-22-31(27)39-34/h1-23H. The molecule has 4 nitrogen and oxygen atoms in total. The summed E-state index contributed by atoms with van der Waals surface area (Å²) in [5.74, 6) is 0.481. The molecular formula is C34H23ClN2O2. The Morgan fingerprint density at radius 2 is 1.00 bits per heavy atom. The molecule has 0 bridgehead atoms. The highest BCUT2D eigenvalue weighted by atomic mass is 35.5. The summed E-state index contributed by atoms with van der Waals surface area (Å²) in [6.07, 6.45) is 1.74. The van der Waals surface area contributed by atoms with E-state index in [1.807, 2.05) is 97.1 Å². The number of hydrogen-bond acceptors (Lipinski definition) is 4. The number of halogens is 1. The van der Waals surface area contributed by atoms with Crippen LogP contribution < -0.4 is 9.80 Å². The Bertz CT molecular complexity index is 1840. The van der Waals surface area contributed by atoms with Crippen LogP contribution >= 0.6 is 11.6 Å². The van der Waals surface area contributed by atoms with E-state index in [1.54, 1.807) is 6.26 Å². The summed E-state index contributed by atoms with van der Waals surface area (Å²) in [5, 5.41) is 2.50. The molecule has 0 saturated carbocycles. The van der Waals surface area contributed by atoms with Gasteiger partial charge in [-0.05, 0) is 54.6 Å². The highest BCUT2D eigenvalue weighted by molar-refractivity contribution is 6.37. The van der Waals surface area contributed by atoms with E-state index < -0.39 is 0 Å². The number of fused-ring (bicyclic) bond motifs is 3. The van der Waals surface area contributed by atoms with Crippen LogP contribution in [0.3, 0.4) is 0 Å². The van der Waals surface area contributed by atoms with Crippen molar-refractivity contribution in [2.24, 2.45) is 0 Å². The molecule has 5 aromatic carbocycles. The lowest BCUT2D eigenvalue weighted by Crippen LogP contribution is -2.14. The van der Waals surface area contributed by atoms with Gasteiger partial charge in [-0.2, -0.15) is 0 Å². The maximum Gasteiger partial charge on any atom is 0.300 e. The van der Waals surface area contributed by atoms with Crippen molar-refractivity contribution < 1.29 is 8.83 Å². The highest BCUT2D eigenvalue weighted by Crippen LogP contribution is 2.49. The largest absolute Gasteiger partial charge is 0.431 e. The van der Waals surface area contributed by atoms with Crippen LogP contribution in [0.15, 0.2) is 149 Å². The second-order valence-electron chi connectivity index (χ2n) is 9.17. The third kappa shape index (κ3) is 4.02. The zero-order valence-corrected chi connectivity index (χ0v) is 21.6. The van der Waals surface area contributed by atoms with E-state index in [0.29, 0.717) is 10.8 Å². The molecule has 39 heavy (non-hydrogen) atoms. The Morgan fingerprint density at radius 1 is 0.487 bits per heavy atom. The summed E-state index contributed by atoms with van der Waals surface area (Å²) < 4.78 is 12.0. The molecule has 0 aliphatic rings. The second-order valence-corrected chi connectivity index (χ2v) is 9.55. The monoisotopic (exact) mass is 526 g/mol. The predicted octanol–water partition coefficient (Wildman–Crippen LogP) is 10.8. The number of nitrogens with zero attached hydrogens (tertiary/aromatic N) is 2. The molecule has 0 amide bonds. The fourth-order valence-corrected chi connectivity index (χ4v) is 5.40. The lowest BCUT2D eigenvalue weighted by molar-refractivity contribution is 0.499. The van der Waals surface area contributed by atoms with Crippen molar-refractivity contribution in [3.8, 4) is 0 Å². The van der Waals surface area contributed by atoms with Gasteiger partial charge in [-0.25, -0.2) is 0 Å². The molecule has 0 radical (unpaired) electrons. The first-order valence-corrected chi connectivity index (χ1v) is 13.1. The number of anilines is 6. The van der Waals surface area contributed by atoms with E-state index in [4.69, 9.17) is 20.4 Å². The van der Waals surface area contributed by atoms with Gasteiger partial charge in [0.15, 0.2) is 0 Å². The summed E-state index contributed by atoms with van der Waals surface area (Å²) >= 11 is 7.37. The summed E-state index contributed by atoms with van der Waals surface area (Å²) in [6.45, 7) is 0. The Labute approximate surface area is 230 Å². The van der Waals surface area contributed by atoms with Crippen molar-refractivity contribution in [3.05, 3.63) is 145 Å². The van der Waals surface area contributed by atoms with Crippen LogP contribution in [0.25, 0.3) is 22.1 Å². The molecule has 0 unspecified atom stereocenters. The maximum absolute atomic E-state index is 7.37. The molecule has 0 N–H and O–H groups in total. The maximum atomic E-state index is 7.37. The summed E-state index contributed by atoms with van der Waals surface area (Å²) in [5.41, 5.74) is 6.30. The van der Waals surface area contributed by atoms with Gasteiger partial charge in [0.05, 0.1) is 27.5 Å². The minimum atomic E-state index is 0.481. The van der Waals surface area contributed by atoms with Crippen LogP contribution in [0.4, 0.5) is 34.1 Å². The third-order valence-corrected chi connectivity index (χ3v) is 7.21. The van der Waals surface area contributed by atoms with Crippen molar-refractivity contribution in [3.63, 3.8) is 0 Å². The normalized spacial score (nSPS) is 11.2. The number of rotatable bonds is 6. The molecule has 188 valence electrons. The van der Waals surface area contributed by atoms with Gasteiger partial charge in [-0.3, -0.25) is 0 Å².